The number of aromatic nitrogens is 2. The summed E-state index contributed by atoms with van der Waals surface area (Å²) in [7, 11) is 0. The Balaban J connectivity index is 1.80. The van der Waals surface area contributed by atoms with Gasteiger partial charge in [0.25, 0.3) is 0 Å². The highest BCUT2D eigenvalue weighted by Crippen LogP contribution is 2.28. The van der Waals surface area contributed by atoms with Crippen molar-refractivity contribution in [1.29, 1.82) is 0 Å². The highest BCUT2D eigenvalue weighted by Gasteiger charge is 2.24. The van der Waals surface area contributed by atoms with Gasteiger partial charge in [0.1, 0.15) is 5.82 Å². The fraction of sp³-hybridized carbons (Fsp3) is 0.333. The molecule has 1 N–H and O–H groups in total. The van der Waals surface area contributed by atoms with Crippen LogP contribution in [-0.2, 0) is 0 Å². The van der Waals surface area contributed by atoms with Crippen molar-refractivity contribution in [2.45, 2.75) is 18.9 Å². The molecule has 0 radical (unpaired) electrons. The van der Waals surface area contributed by atoms with Gasteiger partial charge in [-0.05, 0) is 37.1 Å². The maximum absolute atomic E-state index is 11.0. The molecule has 1 amide bonds. The molecule has 5 nitrogen and oxygen atoms in total. The number of halogens is 1. The van der Waals surface area contributed by atoms with Crippen LogP contribution < -0.4 is 0 Å². The summed E-state index contributed by atoms with van der Waals surface area (Å²) >= 11 is 5.92. The largest absolute Gasteiger partial charge is 0.465 e. The van der Waals surface area contributed by atoms with Gasteiger partial charge < -0.3 is 14.6 Å². The summed E-state index contributed by atoms with van der Waals surface area (Å²) in [6, 6.07) is 7.89. The molecular formula is C15H16ClN3O2. The van der Waals surface area contributed by atoms with E-state index >= 15 is 0 Å². The first-order chi connectivity index (χ1) is 10.1. The summed E-state index contributed by atoms with van der Waals surface area (Å²) in [6.07, 6.45) is 4.53. The zero-order valence-electron chi connectivity index (χ0n) is 11.4. The van der Waals surface area contributed by atoms with E-state index in [2.05, 4.69) is 9.55 Å². The Kier molecular flexibility index (Phi) is 3.84. The number of likely N-dealkylation sites (tertiary alicyclic amines) is 1. The van der Waals surface area contributed by atoms with E-state index in [1.807, 2.05) is 30.5 Å². The Hall–Kier alpha value is -2.01. The third-order valence-electron chi connectivity index (χ3n) is 3.90. The molecule has 1 aliphatic heterocycles. The van der Waals surface area contributed by atoms with Gasteiger partial charge in [0.15, 0.2) is 0 Å². The Bertz CT molecular complexity index is 631. The van der Waals surface area contributed by atoms with Gasteiger partial charge in [-0.15, -0.1) is 0 Å². The summed E-state index contributed by atoms with van der Waals surface area (Å²) in [5, 5.41) is 9.71. The van der Waals surface area contributed by atoms with Crippen molar-refractivity contribution in [3.63, 3.8) is 0 Å². The normalized spacial score (nSPS) is 16.1. The standard InChI is InChI=1S/C15H16ClN3O2/c16-12-3-1-11(2-4-12)14-17-7-10-19(14)13-5-8-18(9-6-13)15(20)21/h1-4,7,10,13H,5-6,8-9H2,(H,20,21). The van der Waals surface area contributed by atoms with E-state index in [1.165, 1.54) is 4.90 Å². The van der Waals surface area contributed by atoms with Crippen molar-refractivity contribution in [1.82, 2.24) is 14.5 Å². The molecule has 0 bridgehead atoms. The molecule has 0 spiro atoms. The summed E-state index contributed by atoms with van der Waals surface area (Å²) < 4.78 is 2.14. The molecule has 0 saturated carbocycles. The number of imidazole rings is 1. The Morgan fingerprint density at radius 3 is 2.52 bits per heavy atom. The maximum atomic E-state index is 11.0. The minimum Gasteiger partial charge on any atom is -0.465 e. The van der Waals surface area contributed by atoms with Crippen molar-refractivity contribution < 1.29 is 9.90 Å². The first-order valence-electron chi connectivity index (χ1n) is 6.92. The first kappa shape index (κ1) is 13.9. The van der Waals surface area contributed by atoms with Gasteiger partial charge in [0.2, 0.25) is 0 Å². The van der Waals surface area contributed by atoms with Gasteiger partial charge in [-0.2, -0.15) is 0 Å². The van der Waals surface area contributed by atoms with Gasteiger partial charge >= 0.3 is 6.09 Å². The minimum atomic E-state index is -0.836. The van der Waals surface area contributed by atoms with Crippen molar-refractivity contribution in [3.8, 4) is 11.4 Å². The van der Waals surface area contributed by atoms with E-state index in [0.29, 0.717) is 18.1 Å². The molecule has 0 aliphatic carbocycles. The number of amides is 1. The van der Waals surface area contributed by atoms with E-state index in [-0.39, 0.29) is 6.04 Å². The lowest BCUT2D eigenvalue weighted by molar-refractivity contribution is 0.126. The molecule has 1 aromatic heterocycles. The smallest absolute Gasteiger partial charge is 0.407 e. The molecule has 2 heterocycles. The molecule has 1 aliphatic rings. The lowest BCUT2D eigenvalue weighted by Crippen LogP contribution is -2.38. The molecule has 21 heavy (non-hydrogen) atoms. The van der Waals surface area contributed by atoms with Gasteiger partial charge in [-0.25, -0.2) is 9.78 Å². The third kappa shape index (κ3) is 2.88. The maximum Gasteiger partial charge on any atom is 0.407 e. The molecular weight excluding hydrogens is 290 g/mol. The predicted molar refractivity (Wildman–Crippen MR) is 80.5 cm³/mol. The topological polar surface area (TPSA) is 58.4 Å². The fourth-order valence-corrected chi connectivity index (χ4v) is 2.89. The van der Waals surface area contributed by atoms with Crippen LogP contribution in [0.15, 0.2) is 36.7 Å². The average molecular weight is 306 g/mol. The number of carbonyl (C=O) groups is 1. The summed E-state index contributed by atoms with van der Waals surface area (Å²) in [6.45, 7) is 1.14. The van der Waals surface area contributed by atoms with Gasteiger partial charge in [-0.3, -0.25) is 0 Å². The van der Waals surface area contributed by atoms with Crippen LogP contribution in [0.5, 0.6) is 0 Å². The quantitative estimate of drug-likeness (QED) is 0.923. The number of hydrogen-bond acceptors (Lipinski definition) is 2. The number of nitrogens with zero attached hydrogens (tertiary/aromatic N) is 3. The van der Waals surface area contributed by atoms with Crippen LogP contribution in [0.1, 0.15) is 18.9 Å². The number of carboxylic acid groups (broad SMARTS) is 1. The molecule has 1 saturated heterocycles. The van der Waals surface area contributed by atoms with Crippen LogP contribution in [0, 0.1) is 0 Å². The number of hydrogen-bond donors (Lipinski definition) is 1. The monoisotopic (exact) mass is 305 g/mol. The zero-order chi connectivity index (χ0) is 14.8. The molecule has 3 rings (SSSR count). The van der Waals surface area contributed by atoms with E-state index in [0.717, 1.165) is 24.2 Å². The second-order valence-corrected chi connectivity index (χ2v) is 5.60. The van der Waals surface area contributed by atoms with Crippen LogP contribution in [-0.4, -0.2) is 38.7 Å². The minimum absolute atomic E-state index is 0.286. The SMILES string of the molecule is O=C(O)N1CCC(n2ccnc2-c2ccc(Cl)cc2)CC1. The highest BCUT2D eigenvalue weighted by molar-refractivity contribution is 6.30. The van der Waals surface area contributed by atoms with Crippen molar-refractivity contribution in [3.05, 3.63) is 41.7 Å². The highest BCUT2D eigenvalue weighted by atomic mass is 35.5. The fourth-order valence-electron chi connectivity index (χ4n) is 2.77. The Morgan fingerprint density at radius 1 is 1.24 bits per heavy atom. The predicted octanol–water partition coefficient (Wildman–Crippen LogP) is 3.52. The third-order valence-corrected chi connectivity index (χ3v) is 4.15. The number of rotatable bonds is 2. The van der Waals surface area contributed by atoms with Crippen LogP contribution in [0.4, 0.5) is 4.79 Å². The zero-order valence-corrected chi connectivity index (χ0v) is 12.2. The summed E-state index contributed by atoms with van der Waals surface area (Å²) in [5.41, 5.74) is 1.02. The average Bonchev–Trinajstić information content (AvgIpc) is 2.97. The molecule has 0 atom stereocenters. The van der Waals surface area contributed by atoms with E-state index < -0.39 is 6.09 Å². The van der Waals surface area contributed by atoms with Crippen molar-refractivity contribution in [2.24, 2.45) is 0 Å². The van der Waals surface area contributed by atoms with Gasteiger partial charge in [0, 0.05) is 42.1 Å². The molecule has 110 valence electrons. The lowest BCUT2D eigenvalue weighted by atomic mass is 10.0. The van der Waals surface area contributed by atoms with E-state index in [1.54, 1.807) is 6.20 Å². The molecule has 1 fully saturated rings. The number of benzene rings is 1. The van der Waals surface area contributed by atoms with Crippen LogP contribution in [0.25, 0.3) is 11.4 Å². The summed E-state index contributed by atoms with van der Waals surface area (Å²) in [5.74, 6) is 0.903. The first-order valence-corrected chi connectivity index (χ1v) is 7.29. The van der Waals surface area contributed by atoms with E-state index in [4.69, 9.17) is 16.7 Å². The van der Waals surface area contributed by atoms with Gasteiger partial charge in [-0.1, -0.05) is 11.6 Å². The molecule has 0 unspecified atom stereocenters. The van der Waals surface area contributed by atoms with Crippen LogP contribution in [0.3, 0.4) is 0 Å². The molecule has 1 aromatic carbocycles. The Morgan fingerprint density at radius 2 is 1.90 bits per heavy atom. The second-order valence-electron chi connectivity index (χ2n) is 5.17. The Labute approximate surface area is 127 Å². The second kappa shape index (κ2) is 5.77. The van der Waals surface area contributed by atoms with Gasteiger partial charge in [0.05, 0.1) is 0 Å². The van der Waals surface area contributed by atoms with Crippen LogP contribution >= 0.6 is 11.6 Å². The molecule has 2 aromatic rings. The van der Waals surface area contributed by atoms with Crippen LogP contribution in [0.2, 0.25) is 5.02 Å². The number of piperidine rings is 1. The van der Waals surface area contributed by atoms with E-state index in [9.17, 15) is 4.79 Å². The van der Waals surface area contributed by atoms with Crippen molar-refractivity contribution >= 4 is 17.7 Å². The summed E-state index contributed by atoms with van der Waals surface area (Å²) in [4.78, 5) is 16.9. The molecule has 6 heteroatoms. The lowest BCUT2D eigenvalue weighted by Gasteiger charge is -2.31. The van der Waals surface area contributed by atoms with Crippen molar-refractivity contribution in [2.75, 3.05) is 13.1 Å².